The Hall–Kier alpha value is -2.18. The van der Waals surface area contributed by atoms with Gasteiger partial charge >= 0.3 is 11.9 Å². The van der Waals surface area contributed by atoms with Gasteiger partial charge in [0.2, 0.25) is 0 Å². The molecule has 11 saturated heterocycles. The summed E-state index contributed by atoms with van der Waals surface area (Å²) in [7, 11) is 0. The molecule has 32 heteroatoms. The van der Waals surface area contributed by atoms with Crippen LogP contribution in [0.3, 0.4) is 0 Å². The zero-order valence-corrected chi connectivity index (χ0v) is 87.7. The van der Waals surface area contributed by atoms with Gasteiger partial charge in [0.1, 0.15) is 48.8 Å². The lowest BCUT2D eigenvalue weighted by atomic mass is 9.78. The Morgan fingerprint density at radius 3 is 0.838 bits per heavy atom. The number of aliphatic carboxylic acids is 2. The fourth-order valence-corrected chi connectivity index (χ4v) is 24.5. The minimum absolute atomic E-state index is 0.00481. The van der Waals surface area contributed by atoms with E-state index in [1.54, 1.807) is 27.7 Å². The van der Waals surface area contributed by atoms with E-state index in [4.69, 9.17) is 104 Å². The lowest BCUT2D eigenvalue weighted by molar-refractivity contribution is -0.374. The van der Waals surface area contributed by atoms with Crippen LogP contribution < -0.4 is 0 Å². The molecule has 0 aromatic rings. The molecule has 25 unspecified atom stereocenters. The first kappa shape index (κ1) is 113. The second-order valence-electron chi connectivity index (χ2n) is 44.5. The largest absolute Gasteiger partial charge is 0.481 e. The normalized spacial score (nSPS) is 52.5. The maximum atomic E-state index is 13.4. The Balaban J connectivity index is 0.609. The molecular weight excluding hydrogens is 1760 g/mol. The average Bonchev–Trinajstić information content (AvgIpc) is 1.55. The van der Waals surface area contributed by atoms with E-state index in [1.165, 1.54) is 6.92 Å². The highest BCUT2D eigenvalue weighted by molar-refractivity contribution is 5.73. The predicted octanol–water partition coefficient (Wildman–Crippen LogP) is 13.4. The molecule has 11 aliphatic heterocycles. The topological polar surface area (TPSA) is 399 Å². The predicted molar refractivity (Wildman–Crippen MR) is 499 cm³/mol. The first-order valence-electron chi connectivity index (χ1n) is 53.2. The van der Waals surface area contributed by atoms with E-state index in [0.717, 1.165) is 25.7 Å². The van der Waals surface area contributed by atoms with Gasteiger partial charge in [0.05, 0.1) is 135 Å². The quantitative estimate of drug-likeness (QED) is 0.0286. The summed E-state index contributed by atoms with van der Waals surface area (Å²) >= 11 is 0. The monoisotopic (exact) mass is 1940 g/mol. The number of ether oxygens (including phenoxy) is 22. The number of hydrogen-bond donors (Lipinski definition) is 8. The molecule has 12 rings (SSSR count). The second kappa shape index (κ2) is 47.8. The molecule has 1 aliphatic carbocycles. The molecule has 32 nitrogen and oxygen atoms in total. The van der Waals surface area contributed by atoms with Crippen LogP contribution in [0.2, 0.25) is 0 Å². The summed E-state index contributed by atoms with van der Waals surface area (Å²) in [5.41, 5.74) is -1.52. The summed E-state index contributed by atoms with van der Waals surface area (Å²) in [6, 6.07) is 0. The highest BCUT2D eigenvalue weighted by atomic mass is 16.8. The number of carbonyl (C=O) groups is 2. The number of aliphatic hydroxyl groups excluding tert-OH is 5. The molecule has 0 spiro atoms. The van der Waals surface area contributed by atoms with Crippen molar-refractivity contribution in [2.75, 3.05) is 6.61 Å². The maximum Gasteiger partial charge on any atom is 0.335 e. The van der Waals surface area contributed by atoms with Crippen molar-refractivity contribution in [1.29, 1.82) is 0 Å². The van der Waals surface area contributed by atoms with Crippen molar-refractivity contribution in [2.45, 2.75) is 518 Å². The van der Waals surface area contributed by atoms with Gasteiger partial charge in [-0.3, -0.25) is 4.79 Å². The zero-order valence-electron chi connectivity index (χ0n) is 87.7. The second-order valence-corrected chi connectivity index (χ2v) is 44.5. The van der Waals surface area contributed by atoms with Crippen LogP contribution in [0.25, 0.3) is 0 Å². The molecular formula is C104H182O32. The van der Waals surface area contributed by atoms with Gasteiger partial charge in [-0.25, -0.2) is 4.79 Å². The Morgan fingerprint density at radius 1 is 0.287 bits per heavy atom. The van der Waals surface area contributed by atoms with E-state index < -0.39 is 214 Å². The van der Waals surface area contributed by atoms with Gasteiger partial charge in [-0.2, -0.15) is 0 Å². The molecule has 1 saturated carbocycles. The molecule has 12 aliphatic rings. The molecule has 0 amide bonds. The smallest absolute Gasteiger partial charge is 0.335 e. The lowest BCUT2D eigenvalue weighted by Gasteiger charge is -2.53. The van der Waals surface area contributed by atoms with Gasteiger partial charge in [0.25, 0.3) is 0 Å². The Labute approximate surface area is 811 Å². The number of carboxylic acids is 2. The van der Waals surface area contributed by atoms with E-state index in [-0.39, 0.29) is 169 Å². The maximum absolute atomic E-state index is 13.4. The van der Waals surface area contributed by atoms with Crippen molar-refractivity contribution in [3.8, 4) is 0 Å². The fourth-order valence-electron chi connectivity index (χ4n) is 24.5. The van der Waals surface area contributed by atoms with Crippen molar-refractivity contribution in [3.63, 3.8) is 0 Å². The molecule has 8 N–H and O–H groups in total. The zero-order chi connectivity index (χ0) is 100. The minimum Gasteiger partial charge on any atom is -0.481 e. The third-order valence-corrected chi connectivity index (χ3v) is 36.3. The highest BCUT2D eigenvalue weighted by Gasteiger charge is 2.68. The number of hydrogen-bond acceptors (Lipinski definition) is 30. The summed E-state index contributed by atoms with van der Waals surface area (Å²) < 4.78 is 150. The van der Waals surface area contributed by atoms with E-state index in [2.05, 4.69) is 152 Å². The number of rotatable bonds is 37. The van der Waals surface area contributed by atoms with Crippen molar-refractivity contribution in [1.82, 2.24) is 0 Å². The van der Waals surface area contributed by atoms with Gasteiger partial charge in [0.15, 0.2) is 69.0 Å². The number of carboxylic acid groups (broad SMARTS) is 2. The molecule has 790 valence electrons. The van der Waals surface area contributed by atoms with Gasteiger partial charge < -0.3 is 145 Å². The SMILES string of the molecule is CCC1O[C@@H](O[C@H]2C(CC)O[C@@H](O[C@H]3C(CC)O[C@@H](O[C@H]4C(C)C(C)[C@@H](O[C@H]5C(C)C(C)[C@@H](O[C@H]6C(CC)O[C@@H](O[C@H]7C(CC)O[C@@H](O[C@H]8C(C)C(C)[C@@H](O[C@H]9C(C)C(C)[C@@H](O[C@H]%10C(CC)O[C@@H](O[C@@H](CC(=O)O)C(C)C%11[C@@H](O[C@H]%12C(O)C(O)[C@@H](C)O[C@@H]%12CC)C%11(C)O)C(O)[C@H]%10O)O[C@@H]9C(=O)O)O[C@@H]8CO)C(C)[C@H]7C)C(C)[C@H]6C)O[C@@H]5CC)O[C@@H]4CC)C(C)[C@H]3C)C(C)[C@H]2C)C(C)[C@@H](C)[C@H]1C. The summed E-state index contributed by atoms with van der Waals surface area (Å²) in [5, 5.41) is 89.4. The van der Waals surface area contributed by atoms with Crippen LogP contribution in [0.15, 0.2) is 0 Å². The van der Waals surface area contributed by atoms with Gasteiger partial charge in [-0.05, 0) is 137 Å². The minimum atomic E-state index is -1.82. The molecule has 136 heavy (non-hydrogen) atoms. The van der Waals surface area contributed by atoms with Crippen LogP contribution >= 0.6 is 0 Å². The molecule has 0 bridgehead atoms. The Bertz CT molecular complexity index is 3650. The highest BCUT2D eigenvalue weighted by Crippen LogP contribution is 2.56. The van der Waals surface area contributed by atoms with E-state index in [1.807, 2.05) is 27.7 Å². The van der Waals surface area contributed by atoms with Gasteiger partial charge in [-0.15, -0.1) is 0 Å². The number of aliphatic hydroxyl groups is 6. The van der Waals surface area contributed by atoms with Crippen LogP contribution in [-0.4, -0.2) is 299 Å². The molecule has 12 fully saturated rings. The summed E-state index contributed by atoms with van der Waals surface area (Å²) in [6.45, 7) is 64.1. The molecule has 60 atom stereocenters. The van der Waals surface area contributed by atoms with Crippen LogP contribution in [0.1, 0.15) is 279 Å². The van der Waals surface area contributed by atoms with Crippen LogP contribution in [0.5, 0.6) is 0 Å². The van der Waals surface area contributed by atoms with E-state index in [0.29, 0.717) is 37.5 Å². The van der Waals surface area contributed by atoms with Crippen molar-refractivity contribution in [2.24, 2.45) is 124 Å². The summed E-state index contributed by atoms with van der Waals surface area (Å²) in [5.74, 6) is -4.89. The first-order chi connectivity index (χ1) is 64.3. The van der Waals surface area contributed by atoms with Crippen molar-refractivity contribution in [3.05, 3.63) is 0 Å². The van der Waals surface area contributed by atoms with Crippen LogP contribution in [-0.2, 0) is 114 Å². The third-order valence-electron chi connectivity index (χ3n) is 36.3. The molecule has 0 aromatic heterocycles. The lowest BCUT2D eigenvalue weighted by Crippen LogP contribution is -2.63. The fraction of sp³-hybridized carbons (Fsp3) is 0.981. The Morgan fingerprint density at radius 2 is 0.529 bits per heavy atom. The van der Waals surface area contributed by atoms with Gasteiger partial charge in [0, 0.05) is 59.2 Å². The summed E-state index contributed by atoms with van der Waals surface area (Å²) in [6.07, 6.45) is -22.4. The Kier molecular flexibility index (Phi) is 39.5. The first-order valence-corrected chi connectivity index (χ1v) is 53.2. The van der Waals surface area contributed by atoms with E-state index in [9.17, 15) is 50.4 Å². The summed E-state index contributed by atoms with van der Waals surface area (Å²) in [4.78, 5) is 25.9. The van der Waals surface area contributed by atoms with Crippen molar-refractivity contribution >= 4 is 11.9 Å². The van der Waals surface area contributed by atoms with Crippen LogP contribution in [0, 0.1) is 124 Å². The average molecular weight is 1940 g/mol. The standard InChI is InChI=1S/C104H182O32/c1-32-64-44(11)43(10)53(20)94(116-64)127-81-45(12)54(21)95(117-65(81)33-2)128-82-46(13)55(22)96(118-66(82)34-3)129-83-47(14)56(23)97(119-67(83)35-4)130-84-48(15)57(24)98(120-68(84)36-5)131-85-49(16)58(25)99(121-69(85)37-6)132-86-50(17)59(26)100(122-70(86)38-7)133-87-51(18)60(27)101(125-74(87)42-105)134-88-52(19)61(28)102(136-91(88)93(112)113)135-90-72(40-9)123-103(80(111)79(90)110)124-73(41-75(106)107)62(29)76-92(104(76,31)114)126-89-71(39-8)115-63(30)77(108)78(89)109/h43-74,76-92,94-103,105,108-111,114H,32-42H2,1-31H3,(H,106,107)(H,112,113)/t43-,44+,45+,46+,47?,48?,49+,50+,51?,52?,53?,54?,55?,56?,57?,58?,59?,60?,61?,62?,63+,64?,65?,66?,67+,68+,69?,70?,71+,72?,73-,74+,76?,77?,78?,79+,80?,81+,82+,83-,84-,85+,86+,87-,88-,89+,90-,91-,92+,94-,95-,96-,97+,98+,99-,100-,101+,102-,103-,104?/m0/s1. The third kappa shape index (κ3) is 23.2. The molecule has 0 aromatic carbocycles. The molecule has 11 heterocycles. The molecule has 0 radical (unpaired) electrons. The van der Waals surface area contributed by atoms with Crippen molar-refractivity contribution < 1.29 is 155 Å². The van der Waals surface area contributed by atoms with E-state index >= 15 is 0 Å². The van der Waals surface area contributed by atoms with Crippen LogP contribution in [0.4, 0.5) is 0 Å². The van der Waals surface area contributed by atoms with Gasteiger partial charge in [-0.1, -0.05) is 201 Å².